The van der Waals surface area contributed by atoms with Gasteiger partial charge >= 0.3 is 0 Å². The van der Waals surface area contributed by atoms with Gasteiger partial charge in [-0.15, -0.1) is 0 Å². The van der Waals surface area contributed by atoms with Crippen molar-refractivity contribution in [3.8, 4) is 11.5 Å². The lowest BCUT2D eigenvalue weighted by atomic mass is 9.77. The molecule has 7 heteroatoms. The second-order valence-electron chi connectivity index (χ2n) is 7.90. The number of nitrogens with zero attached hydrogens (tertiary/aromatic N) is 1. The summed E-state index contributed by atoms with van der Waals surface area (Å²) in [6.45, 7) is 3.22. The molecule has 1 fully saturated rings. The molecule has 3 rings (SSSR count). The number of carbonyl (C=O) groups is 2. The predicted molar refractivity (Wildman–Crippen MR) is 116 cm³/mol. The van der Waals surface area contributed by atoms with E-state index in [4.69, 9.17) is 26.8 Å². The smallest absolute Gasteiger partial charge is 0.254 e. The molecule has 1 saturated heterocycles. The van der Waals surface area contributed by atoms with Gasteiger partial charge in [-0.25, -0.2) is 0 Å². The molecule has 0 bridgehead atoms. The van der Waals surface area contributed by atoms with Crippen LogP contribution in [0.3, 0.4) is 0 Å². The third-order valence-corrected chi connectivity index (χ3v) is 5.91. The Morgan fingerprint density at radius 1 is 1.20 bits per heavy atom. The molecule has 2 amide bonds. The summed E-state index contributed by atoms with van der Waals surface area (Å²) >= 11 is 6.09. The van der Waals surface area contributed by atoms with Crippen molar-refractivity contribution in [1.29, 1.82) is 0 Å². The van der Waals surface area contributed by atoms with Gasteiger partial charge in [-0.1, -0.05) is 17.7 Å². The maximum Gasteiger partial charge on any atom is 0.254 e. The summed E-state index contributed by atoms with van der Waals surface area (Å²) in [5, 5.41) is 0.668. The summed E-state index contributed by atoms with van der Waals surface area (Å²) in [6.07, 6.45) is 1.68. The van der Waals surface area contributed by atoms with Gasteiger partial charge in [0.15, 0.2) is 0 Å². The summed E-state index contributed by atoms with van der Waals surface area (Å²) in [5.74, 6) is 0.811. The maximum absolute atomic E-state index is 13.1. The van der Waals surface area contributed by atoms with E-state index in [0.717, 1.165) is 18.4 Å². The van der Waals surface area contributed by atoms with Crippen LogP contribution in [-0.2, 0) is 4.79 Å². The van der Waals surface area contributed by atoms with Crippen molar-refractivity contribution in [2.24, 2.45) is 11.1 Å². The Hall–Kier alpha value is -2.73. The van der Waals surface area contributed by atoms with E-state index in [1.807, 2.05) is 13.0 Å². The number of methoxy groups -OCH3 is 1. The average Bonchev–Trinajstić information content (AvgIpc) is 2.74. The molecule has 1 aliphatic heterocycles. The number of carbonyl (C=O) groups excluding carboxylic acids is 2. The van der Waals surface area contributed by atoms with Crippen molar-refractivity contribution in [2.45, 2.75) is 26.2 Å². The summed E-state index contributed by atoms with van der Waals surface area (Å²) in [7, 11) is 1.57. The molecule has 0 saturated carbocycles. The van der Waals surface area contributed by atoms with Crippen LogP contribution >= 0.6 is 11.6 Å². The largest absolute Gasteiger partial charge is 0.497 e. The van der Waals surface area contributed by atoms with Crippen LogP contribution in [0, 0.1) is 12.3 Å². The summed E-state index contributed by atoms with van der Waals surface area (Å²) in [4.78, 5) is 26.7. The number of piperidine rings is 1. The summed E-state index contributed by atoms with van der Waals surface area (Å²) < 4.78 is 11.3. The first kappa shape index (κ1) is 22.0. The van der Waals surface area contributed by atoms with Crippen LogP contribution in [0.1, 0.15) is 35.2 Å². The number of ether oxygens (including phenoxy) is 2. The van der Waals surface area contributed by atoms with Crippen molar-refractivity contribution in [1.82, 2.24) is 4.90 Å². The van der Waals surface area contributed by atoms with Crippen LogP contribution in [0.25, 0.3) is 0 Å². The first-order valence-electron chi connectivity index (χ1n) is 9.92. The molecular formula is C23H27ClN2O4. The Balaban J connectivity index is 1.78. The Kier molecular flexibility index (Phi) is 6.87. The number of likely N-dealkylation sites (tertiary alicyclic amines) is 1. The number of benzene rings is 2. The lowest BCUT2D eigenvalue weighted by Crippen LogP contribution is -2.50. The second kappa shape index (κ2) is 9.39. The van der Waals surface area contributed by atoms with Crippen molar-refractivity contribution >= 4 is 23.4 Å². The molecule has 2 aromatic rings. The van der Waals surface area contributed by atoms with Gasteiger partial charge in [-0.2, -0.15) is 0 Å². The minimum atomic E-state index is -0.536. The molecule has 1 heterocycles. The van der Waals surface area contributed by atoms with Crippen LogP contribution in [0.4, 0.5) is 0 Å². The van der Waals surface area contributed by atoms with E-state index in [1.54, 1.807) is 48.4 Å². The number of rotatable bonds is 7. The van der Waals surface area contributed by atoms with Crippen molar-refractivity contribution in [2.75, 3.05) is 26.8 Å². The molecule has 0 spiro atoms. The minimum absolute atomic E-state index is 0.0928. The zero-order valence-electron chi connectivity index (χ0n) is 17.3. The monoisotopic (exact) mass is 430 g/mol. The zero-order chi connectivity index (χ0) is 21.7. The topological polar surface area (TPSA) is 81.9 Å². The summed E-state index contributed by atoms with van der Waals surface area (Å²) in [6, 6.07) is 12.5. The molecule has 2 N–H and O–H groups in total. The van der Waals surface area contributed by atoms with E-state index in [1.165, 1.54) is 0 Å². The number of amides is 2. The highest BCUT2D eigenvalue weighted by Crippen LogP contribution is 2.35. The highest BCUT2D eigenvalue weighted by atomic mass is 35.5. The molecule has 0 radical (unpaired) electrons. The fraction of sp³-hybridized carbons (Fsp3) is 0.391. The van der Waals surface area contributed by atoms with Gasteiger partial charge < -0.3 is 20.1 Å². The van der Waals surface area contributed by atoms with Crippen LogP contribution in [0.2, 0.25) is 5.02 Å². The van der Waals surface area contributed by atoms with Crippen LogP contribution in [0.15, 0.2) is 42.5 Å². The molecule has 30 heavy (non-hydrogen) atoms. The Morgan fingerprint density at radius 3 is 2.70 bits per heavy atom. The first-order chi connectivity index (χ1) is 14.3. The average molecular weight is 431 g/mol. The van der Waals surface area contributed by atoms with Gasteiger partial charge in [0.05, 0.1) is 13.7 Å². The number of nitrogens with two attached hydrogens (primary N) is 1. The van der Waals surface area contributed by atoms with Crippen molar-refractivity contribution in [3.63, 3.8) is 0 Å². The van der Waals surface area contributed by atoms with E-state index in [2.05, 4.69) is 0 Å². The van der Waals surface area contributed by atoms with Gasteiger partial charge in [-0.3, -0.25) is 9.59 Å². The van der Waals surface area contributed by atoms with Crippen LogP contribution < -0.4 is 15.2 Å². The Bertz CT molecular complexity index is 933. The van der Waals surface area contributed by atoms with Crippen LogP contribution in [-0.4, -0.2) is 43.5 Å². The molecule has 6 nitrogen and oxygen atoms in total. The van der Waals surface area contributed by atoms with E-state index >= 15 is 0 Å². The standard InChI is InChI=1S/C23H27ClN2O4/c1-16-11-19(7-8-20(16)24)30-15-23(13-21(25)27)9-4-10-26(14-23)22(28)17-5-3-6-18(12-17)29-2/h3,5-8,11-12H,4,9-10,13-15H2,1-2H3,(H2,25,27)/t23-/m0/s1. The molecule has 0 aromatic heterocycles. The molecule has 0 unspecified atom stereocenters. The van der Waals surface area contributed by atoms with Gasteiger partial charge in [-0.05, 0) is 61.7 Å². The molecule has 1 atom stereocenters. The number of primary amides is 1. The van der Waals surface area contributed by atoms with Gasteiger partial charge in [0.1, 0.15) is 11.5 Å². The number of hydrogen-bond acceptors (Lipinski definition) is 4. The van der Waals surface area contributed by atoms with Gasteiger partial charge in [0.25, 0.3) is 5.91 Å². The Morgan fingerprint density at radius 2 is 2.00 bits per heavy atom. The maximum atomic E-state index is 13.1. The highest BCUT2D eigenvalue weighted by Gasteiger charge is 2.39. The van der Waals surface area contributed by atoms with Gasteiger partial charge in [0.2, 0.25) is 5.91 Å². The fourth-order valence-electron chi connectivity index (χ4n) is 3.95. The molecule has 0 aliphatic carbocycles. The number of aryl methyl sites for hydroxylation is 1. The second-order valence-corrected chi connectivity index (χ2v) is 8.31. The molecular weight excluding hydrogens is 404 g/mol. The summed E-state index contributed by atoms with van der Waals surface area (Å²) in [5.41, 5.74) is 6.49. The number of halogens is 1. The van der Waals surface area contributed by atoms with Gasteiger partial charge in [0, 0.05) is 35.5 Å². The Labute approximate surface area is 181 Å². The molecule has 1 aliphatic rings. The van der Waals surface area contributed by atoms with E-state index in [9.17, 15) is 9.59 Å². The molecule has 2 aromatic carbocycles. The quantitative estimate of drug-likeness (QED) is 0.723. The minimum Gasteiger partial charge on any atom is -0.497 e. The van der Waals surface area contributed by atoms with E-state index in [-0.39, 0.29) is 12.3 Å². The van der Waals surface area contributed by atoms with E-state index in [0.29, 0.717) is 41.8 Å². The van der Waals surface area contributed by atoms with Crippen LogP contribution in [0.5, 0.6) is 11.5 Å². The lowest BCUT2D eigenvalue weighted by molar-refractivity contribution is -0.122. The molecule has 160 valence electrons. The van der Waals surface area contributed by atoms with E-state index < -0.39 is 11.3 Å². The fourth-order valence-corrected chi connectivity index (χ4v) is 4.06. The lowest BCUT2D eigenvalue weighted by Gasteiger charge is -2.42. The predicted octanol–water partition coefficient (Wildman–Crippen LogP) is 3.83. The highest BCUT2D eigenvalue weighted by molar-refractivity contribution is 6.31. The normalized spacial score (nSPS) is 18.7. The third kappa shape index (κ3) is 5.25. The van der Waals surface area contributed by atoms with Crippen molar-refractivity contribution in [3.05, 3.63) is 58.6 Å². The zero-order valence-corrected chi connectivity index (χ0v) is 18.1. The van der Waals surface area contributed by atoms with Crippen molar-refractivity contribution < 1.29 is 19.1 Å². The SMILES string of the molecule is COc1cccc(C(=O)N2CCC[C@](COc3ccc(Cl)c(C)c3)(CC(N)=O)C2)c1. The number of hydrogen-bond donors (Lipinski definition) is 1. The first-order valence-corrected chi connectivity index (χ1v) is 10.3. The third-order valence-electron chi connectivity index (χ3n) is 5.49.